The summed E-state index contributed by atoms with van der Waals surface area (Å²) in [6.45, 7) is 10.5. The highest BCUT2D eigenvalue weighted by Gasteiger charge is 2.20. The quantitative estimate of drug-likeness (QED) is 0.745. The molecule has 0 amide bonds. The van der Waals surface area contributed by atoms with E-state index in [-0.39, 0.29) is 5.41 Å². The van der Waals surface area contributed by atoms with Gasteiger partial charge in [0.05, 0.1) is 17.6 Å². The number of rotatable bonds is 1. The van der Waals surface area contributed by atoms with Crippen LogP contribution in [-0.2, 0) is 5.41 Å². The second-order valence-corrected chi connectivity index (χ2v) is 4.96. The Morgan fingerprint density at radius 3 is 2.29 bits per heavy atom. The maximum Gasteiger partial charge on any atom is 0.0888 e. The largest absolute Gasteiger partial charge is 0.397 e. The minimum atomic E-state index is 0.0314. The van der Waals surface area contributed by atoms with Crippen molar-refractivity contribution in [2.24, 2.45) is 0 Å². The van der Waals surface area contributed by atoms with Gasteiger partial charge in [0.2, 0.25) is 0 Å². The minimum Gasteiger partial charge on any atom is -0.397 e. The zero-order valence-corrected chi connectivity index (χ0v) is 9.63. The van der Waals surface area contributed by atoms with Crippen LogP contribution in [0.1, 0.15) is 51.8 Å². The summed E-state index contributed by atoms with van der Waals surface area (Å²) in [5.41, 5.74) is 8.87. The summed E-state index contributed by atoms with van der Waals surface area (Å²) in [6, 6.07) is 0. The van der Waals surface area contributed by atoms with Crippen molar-refractivity contribution in [2.75, 3.05) is 5.73 Å². The molecule has 1 rings (SSSR count). The van der Waals surface area contributed by atoms with Crippen LogP contribution in [0.4, 0.5) is 5.69 Å². The number of aromatic nitrogens is 2. The molecule has 1 aromatic rings. The van der Waals surface area contributed by atoms with Crippen LogP contribution in [0, 0.1) is 0 Å². The van der Waals surface area contributed by atoms with Gasteiger partial charge in [-0.1, -0.05) is 34.6 Å². The molecule has 0 aliphatic carbocycles. The molecule has 78 valence electrons. The second kappa shape index (κ2) is 3.56. The Kier molecular flexibility index (Phi) is 2.79. The molecule has 0 radical (unpaired) electrons. The average molecular weight is 193 g/mol. The molecule has 0 spiro atoms. The van der Waals surface area contributed by atoms with Gasteiger partial charge in [0.15, 0.2) is 0 Å². The molecule has 0 unspecified atom stereocenters. The number of nitrogen functional groups attached to an aromatic ring is 1. The normalized spacial score (nSPS) is 12.1. The van der Waals surface area contributed by atoms with Crippen molar-refractivity contribution in [1.82, 2.24) is 10.2 Å². The van der Waals surface area contributed by atoms with Crippen LogP contribution in [0.3, 0.4) is 0 Å². The van der Waals surface area contributed by atoms with E-state index < -0.39 is 0 Å². The summed E-state index contributed by atoms with van der Waals surface area (Å²) in [7, 11) is 0. The summed E-state index contributed by atoms with van der Waals surface area (Å²) in [5.74, 6) is 0.324. The highest BCUT2D eigenvalue weighted by molar-refractivity contribution is 5.53. The van der Waals surface area contributed by atoms with Crippen molar-refractivity contribution in [3.8, 4) is 0 Å². The fourth-order valence-electron chi connectivity index (χ4n) is 1.43. The van der Waals surface area contributed by atoms with Crippen LogP contribution in [0.15, 0.2) is 6.20 Å². The molecule has 0 aliphatic rings. The first-order valence-electron chi connectivity index (χ1n) is 4.95. The zero-order valence-electron chi connectivity index (χ0n) is 9.63. The van der Waals surface area contributed by atoms with E-state index in [1.165, 1.54) is 0 Å². The van der Waals surface area contributed by atoms with E-state index in [0.29, 0.717) is 5.92 Å². The fraction of sp³-hybridized carbons (Fsp3) is 0.636. The molecule has 0 saturated carbocycles. The average Bonchev–Trinajstić information content (AvgIpc) is 2.01. The Bertz CT molecular complexity index is 324. The van der Waals surface area contributed by atoms with Gasteiger partial charge >= 0.3 is 0 Å². The lowest BCUT2D eigenvalue weighted by molar-refractivity contribution is 0.583. The molecule has 0 aromatic carbocycles. The van der Waals surface area contributed by atoms with E-state index in [2.05, 4.69) is 44.8 Å². The first-order chi connectivity index (χ1) is 6.34. The smallest absolute Gasteiger partial charge is 0.0888 e. The van der Waals surface area contributed by atoms with E-state index in [1.54, 1.807) is 6.20 Å². The second-order valence-electron chi connectivity index (χ2n) is 4.96. The van der Waals surface area contributed by atoms with Gasteiger partial charge in [-0.05, 0) is 11.3 Å². The van der Waals surface area contributed by atoms with Gasteiger partial charge in [0.25, 0.3) is 0 Å². The van der Waals surface area contributed by atoms with Crippen molar-refractivity contribution < 1.29 is 0 Å². The van der Waals surface area contributed by atoms with Crippen molar-refractivity contribution in [3.63, 3.8) is 0 Å². The molecule has 0 aliphatic heterocycles. The molecule has 14 heavy (non-hydrogen) atoms. The lowest BCUT2D eigenvalue weighted by Gasteiger charge is -2.22. The summed E-state index contributed by atoms with van der Waals surface area (Å²) in [4.78, 5) is 0. The van der Waals surface area contributed by atoms with E-state index in [9.17, 15) is 0 Å². The molecule has 1 heterocycles. The molecule has 0 saturated heterocycles. The molecular weight excluding hydrogens is 174 g/mol. The minimum absolute atomic E-state index is 0.0314. The third-order valence-corrected chi connectivity index (χ3v) is 2.27. The van der Waals surface area contributed by atoms with Crippen LogP contribution >= 0.6 is 0 Å². The van der Waals surface area contributed by atoms with Gasteiger partial charge in [-0.15, -0.1) is 0 Å². The fourth-order valence-corrected chi connectivity index (χ4v) is 1.43. The lowest BCUT2D eigenvalue weighted by atomic mass is 9.86. The van der Waals surface area contributed by atoms with Gasteiger partial charge in [-0.3, -0.25) is 0 Å². The van der Waals surface area contributed by atoms with E-state index >= 15 is 0 Å². The van der Waals surface area contributed by atoms with Crippen LogP contribution in [0.2, 0.25) is 0 Å². The van der Waals surface area contributed by atoms with Crippen molar-refractivity contribution >= 4 is 5.69 Å². The predicted octanol–water partition coefficient (Wildman–Crippen LogP) is 2.48. The SMILES string of the molecule is CC(C)c1nncc(C(C)(C)C)c1N. The van der Waals surface area contributed by atoms with E-state index in [0.717, 1.165) is 16.9 Å². The van der Waals surface area contributed by atoms with Gasteiger partial charge in [0, 0.05) is 5.56 Å². The number of hydrogen-bond acceptors (Lipinski definition) is 3. The molecular formula is C11H19N3. The van der Waals surface area contributed by atoms with Crippen LogP contribution in [0.25, 0.3) is 0 Å². The van der Waals surface area contributed by atoms with Gasteiger partial charge in [0.1, 0.15) is 0 Å². The first kappa shape index (κ1) is 11.0. The van der Waals surface area contributed by atoms with E-state index in [1.807, 2.05) is 0 Å². The molecule has 3 heteroatoms. The Labute approximate surface area is 85.7 Å². The predicted molar refractivity (Wildman–Crippen MR) is 59.2 cm³/mol. The lowest BCUT2D eigenvalue weighted by Crippen LogP contribution is -2.17. The number of anilines is 1. The summed E-state index contributed by atoms with van der Waals surface area (Å²) >= 11 is 0. The number of hydrogen-bond donors (Lipinski definition) is 1. The molecule has 3 nitrogen and oxygen atoms in total. The van der Waals surface area contributed by atoms with Gasteiger partial charge in [-0.25, -0.2) is 0 Å². The van der Waals surface area contributed by atoms with Crippen LogP contribution in [0.5, 0.6) is 0 Å². The highest BCUT2D eigenvalue weighted by Crippen LogP contribution is 2.30. The highest BCUT2D eigenvalue weighted by atomic mass is 15.1. The topological polar surface area (TPSA) is 51.8 Å². The number of nitrogens with zero attached hydrogens (tertiary/aromatic N) is 2. The number of nitrogens with two attached hydrogens (primary N) is 1. The summed E-state index contributed by atoms with van der Waals surface area (Å²) in [6.07, 6.45) is 1.77. The van der Waals surface area contributed by atoms with Crippen molar-refractivity contribution in [3.05, 3.63) is 17.5 Å². The third kappa shape index (κ3) is 2.03. The molecule has 2 N–H and O–H groups in total. The van der Waals surface area contributed by atoms with Crippen molar-refractivity contribution in [2.45, 2.75) is 46.0 Å². The maximum absolute atomic E-state index is 6.07. The Hall–Kier alpha value is -1.12. The van der Waals surface area contributed by atoms with E-state index in [4.69, 9.17) is 5.73 Å². The monoisotopic (exact) mass is 193 g/mol. The maximum atomic E-state index is 6.07. The Balaban J connectivity index is 3.28. The third-order valence-electron chi connectivity index (χ3n) is 2.27. The Morgan fingerprint density at radius 2 is 1.86 bits per heavy atom. The molecule has 0 atom stereocenters. The molecule has 1 aromatic heterocycles. The standard InChI is InChI=1S/C11H19N3/c1-7(2)10-9(12)8(6-13-14-10)11(3,4)5/h6-7H,1-5H3,(H2,12,13). The zero-order chi connectivity index (χ0) is 10.9. The first-order valence-corrected chi connectivity index (χ1v) is 4.95. The summed E-state index contributed by atoms with van der Waals surface area (Å²) < 4.78 is 0. The van der Waals surface area contributed by atoms with Gasteiger partial charge in [-0.2, -0.15) is 10.2 Å². The molecule has 0 fully saturated rings. The van der Waals surface area contributed by atoms with Crippen LogP contribution < -0.4 is 5.73 Å². The molecule has 0 bridgehead atoms. The van der Waals surface area contributed by atoms with Gasteiger partial charge < -0.3 is 5.73 Å². The van der Waals surface area contributed by atoms with Crippen molar-refractivity contribution in [1.29, 1.82) is 0 Å². The Morgan fingerprint density at radius 1 is 1.29 bits per heavy atom. The van der Waals surface area contributed by atoms with Crippen LogP contribution in [-0.4, -0.2) is 10.2 Å². The summed E-state index contributed by atoms with van der Waals surface area (Å²) in [5, 5.41) is 8.08.